The maximum atomic E-state index is 12.9. The lowest BCUT2D eigenvalue weighted by molar-refractivity contribution is -0.147. The fraction of sp³-hybridized carbons (Fsp3) is 0.238. The van der Waals surface area contributed by atoms with E-state index in [0.29, 0.717) is 5.56 Å². The number of Topliss-reactive ketones (excluding diaryl/α,β-unsaturated/α-hetero) is 1. The molecular weight excluding hydrogens is 379 g/mol. The number of carbonyl (C=O) groups excluding carboxylic acids is 4. The first-order valence-electron chi connectivity index (χ1n) is 8.97. The van der Waals surface area contributed by atoms with E-state index in [2.05, 4.69) is 5.43 Å². The Morgan fingerprint density at radius 3 is 2.34 bits per heavy atom. The first-order valence-corrected chi connectivity index (χ1v) is 8.97. The SMILES string of the molecule is Cc1ccc(C(=O)NN2CC(C(=O)OCC(=O)c3ccc(F)cc3)CC2=O)cc1. The lowest BCUT2D eigenvalue weighted by atomic mass is 10.1. The van der Waals surface area contributed by atoms with Gasteiger partial charge in [-0.2, -0.15) is 0 Å². The minimum Gasteiger partial charge on any atom is -0.457 e. The molecule has 3 rings (SSSR count). The Bertz CT molecular complexity index is 941. The number of hydrazine groups is 1. The number of nitrogens with one attached hydrogen (secondary N) is 1. The van der Waals surface area contributed by atoms with Crippen molar-refractivity contribution in [3.05, 3.63) is 71.0 Å². The molecule has 1 unspecified atom stereocenters. The van der Waals surface area contributed by atoms with Crippen molar-refractivity contribution < 1.29 is 28.3 Å². The molecule has 2 aromatic rings. The third kappa shape index (κ3) is 5.04. The van der Waals surface area contributed by atoms with Crippen LogP contribution in [0.1, 0.15) is 32.7 Å². The standard InChI is InChI=1S/C21H19FN2O5/c1-13-2-4-15(5-3-13)20(27)23-24-11-16(10-19(24)26)21(28)29-12-18(25)14-6-8-17(22)9-7-14/h2-9,16H,10-12H2,1H3,(H,23,27). The Morgan fingerprint density at radius 1 is 1.07 bits per heavy atom. The van der Waals surface area contributed by atoms with Gasteiger partial charge in [0.15, 0.2) is 12.4 Å². The smallest absolute Gasteiger partial charge is 0.311 e. The Morgan fingerprint density at radius 2 is 1.69 bits per heavy atom. The van der Waals surface area contributed by atoms with E-state index in [1.165, 1.54) is 12.1 Å². The Hall–Kier alpha value is -3.55. The van der Waals surface area contributed by atoms with Crippen LogP contribution < -0.4 is 5.43 Å². The number of aryl methyl sites for hydroxylation is 1. The van der Waals surface area contributed by atoms with Crippen LogP contribution in [0.3, 0.4) is 0 Å². The predicted octanol–water partition coefficient (Wildman–Crippen LogP) is 2.05. The average molecular weight is 398 g/mol. The highest BCUT2D eigenvalue weighted by Gasteiger charge is 2.36. The molecule has 1 fully saturated rings. The monoisotopic (exact) mass is 398 g/mol. The predicted molar refractivity (Wildman–Crippen MR) is 100 cm³/mol. The molecule has 2 amide bonds. The zero-order chi connectivity index (χ0) is 21.0. The fourth-order valence-corrected chi connectivity index (χ4v) is 2.84. The highest BCUT2D eigenvalue weighted by atomic mass is 19.1. The topological polar surface area (TPSA) is 92.8 Å². The third-order valence-electron chi connectivity index (χ3n) is 4.52. The first kappa shape index (κ1) is 20.2. The second-order valence-corrected chi connectivity index (χ2v) is 6.75. The highest BCUT2D eigenvalue weighted by Crippen LogP contribution is 2.18. The number of halogens is 1. The van der Waals surface area contributed by atoms with Crippen molar-refractivity contribution in [3.63, 3.8) is 0 Å². The van der Waals surface area contributed by atoms with Crippen molar-refractivity contribution in [2.45, 2.75) is 13.3 Å². The molecular formula is C21H19FN2O5. The van der Waals surface area contributed by atoms with Crippen LogP contribution in [0.2, 0.25) is 0 Å². The summed E-state index contributed by atoms with van der Waals surface area (Å²) >= 11 is 0. The van der Waals surface area contributed by atoms with Crippen molar-refractivity contribution in [3.8, 4) is 0 Å². The molecule has 0 bridgehead atoms. The van der Waals surface area contributed by atoms with E-state index in [0.717, 1.165) is 22.7 Å². The maximum absolute atomic E-state index is 12.9. The summed E-state index contributed by atoms with van der Waals surface area (Å²) in [5.74, 6) is -3.33. The molecule has 29 heavy (non-hydrogen) atoms. The summed E-state index contributed by atoms with van der Waals surface area (Å²) < 4.78 is 17.9. The zero-order valence-electron chi connectivity index (χ0n) is 15.7. The van der Waals surface area contributed by atoms with Crippen molar-refractivity contribution >= 4 is 23.6 Å². The molecule has 1 heterocycles. The number of carbonyl (C=O) groups is 4. The molecule has 2 aromatic carbocycles. The molecule has 0 radical (unpaired) electrons. The number of esters is 1. The lowest BCUT2D eigenvalue weighted by Crippen LogP contribution is -2.43. The van der Waals surface area contributed by atoms with Gasteiger partial charge in [-0.1, -0.05) is 17.7 Å². The summed E-state index contributed by atoms with van der Waals surface area (Å²) in [6, 6.07) is 11.7. The van der Waals surface area contributed by atoms with E-state index in [1.807, 2.05) is 6.92 Å². The summed E-state index contributed by atoms with van der Waals surface area (Å²) in [6.07, 6.45) is -0.127. The van der Waals surface area contributed by atoms with Crippen LogP contribution in [0.15, 0.2) is 48.5 Å². The quantitative estimate of drug-likeness (QED) is 0.594. The Kier molecular flexibility index (Phi) is 6.01. The van der Waals surface area contributed by atoms with Gasteiger partial charge >= 0.3 is 5.97 Å². The minimum atomic E-state index is -0.790. The number of nitrogens with zero attached hydrogens (tertiary/aromatic N) is 1. The fourth-order valence-electron chi connectivity index (χ4n) is 2.84. The molecule has 8 heteroatoms. The van der Waals surface area contributed by atoms with Gasteiger partial charge in [0.05, 0.1) is 12.5 Å². The van der Waals surface area contributed by atoms with Crippen LogP contribution in [0.5, 0.6) is 0 Å². The van der Waals surface area contributed by atoms with E-state index >= 15 is 0 Å². The summed E-state index contributed by atoms with van der Waals surface area (Å²) in [4.78, 5) is 48.5. The van der Waals surface area contributed by atoms with E-state index in [-0.39, 0.29) is 18.5 Å². The van der Waals surface area contributed by atoms with E-state index in [4.69, 9.17) is 4.74 Å². The van der Waals surface area contributed by atoms with Crippen molar-refractivity contribution in [2.24, 2.45) is 5.92 Å². The molecule has 0 saturated carbocycles. The Labute approximate surface area is 166 Å². The molecule has 1 aliphatic rings. The van der Waals surface area contributed by atoms with Gasteiger partial charge in [0.2, 0.25) is 5.91 Å². The number of amides is 2. The molecule has 0 spiro atoms. The number of benzene rings is 2. The molecule has 1 N–H and O–H groups in total. The van der Waals surface area contributed by atoms with Crippen LogP contribution >= 0.6 is 0 Å². The molecule has 0 aromatic heterocycles. The molecule has 0 aliphatic carbocycles. The molecule has 1 aliphatic heterocycles. The van der Waals surface area contributed by atoms with Crippen LogP contribution in [0, 0.1) is 18.7 Å². The third-order valence-corrected chi connectivity index (χ3v) is 4.52. The molecule has 1 atom stereocenters. The molecule has 1 saturated heterocycles. The van der Waals surface area contributed by atoms with Gasteiger partial charge in [-0.15, -0.1) is 0 Å². The zero-order valence-corrected chi connectivity index (χ0v) is 15.7. The van der Waals surface area contributed by atoms with E-state index in [9.17, 15) is 23.6 Å². The normalized spacial score (nSPS) is 15.9. The second kappa shape index (κ2) is 8.64. The van der Waals surface area contributed by atoms with Gasteiger partial charge < -0.3 is 4.74 Å². The van der Waals surface area contributed by atoms with Gasteiger partial charge in [-0.25, -0.2) is 4.39 Å². The second-order valence-electron chi connectivity index (χ2n) is 6.75. The van der Waals surface area contributed by atoms with Crippen LogP contribution in [0.4, 0.5) is 4.39 Å². The number of ether oxygens (including phenoxy) is 1. The number of ketones is 1. The first-order chi connectivity index (χ1) is 13.8. The van der Waals surface area contributed by atoms with Crippen LogP contribution in [-0.2, 0) is 14.3 Å². The summed E-state index contributed by atoms with van der Waals surface area (Å²) in [5, 5.41) is 1.08. The number of hydrogen-bond acceptors (Lipinski definition) is 5. The molecule has 7 nitrogen and oxygen atoms in total. The summed E-state index contributed by atoms with van der Waals surface area (Å²) in [6.45, 7) is 1.34. The van der Waals surface area contributed by atoms with Crippen molar-refractivity contribution in [1.29, 1.82) is 0 Å². The van der Waals surface area contributed by atoms with E-state index < -0.39 is 41.9 Å². The van der Waals surface area contributed by atoms with Gasteiger partial charge in [0.1, 0.15) is 5.82 Å². The minimum absolute atomic E-state index is 0.0417. The average Bonchev–Trinajstić information content (AvgIpc) is 3.07. The van der Waals surface area contributed by atoms with Crippen LogP contribution in [-0.4, -0.2) is 41.7 Å². The number of rotatable bonds is 6. The summed E-state index contributed by atoms with van der Waals surface area (Å²) in [7, 11) is 0. The molecule has 150 valence electrons. The van der Waals surface area contributed by atoms with E-state index in [1.54, 1.807) is 24.3 Å². The number of hydrogen-bond donors (Lipinski definition) is 1. The van der Waals surface area contributed by atoms with Crippen molar-refractivity contribution in [1.82, 2.24) is 10.4 Å². The summed E-state index contributed by atoms with van der Waals surface area (Å²) in [5.41, 5.74) is 4.08. The van der Waals surface area contributed by atoms with Gasteiger partial charge in [-0.05, 0) is 43.3 Å². The largest absolute Gasteiger partial charge is 0.457 e. The maximum Gasteiger partial charge on any atom is 0.311 e. The highest BCUT2D eigenvalue weighted by molar-refractivity contribution is 5.99. The van der Waals surface area contributed by atoms with Gasteiger partial charge in [-0.3, -0.25) is 29.6 Å². The Balaban J connectivity index is 1.51. The lowest BCUT2D eigenvalue weighted by Gasteiger charge is -2.17. The van der Waals surface area contributed by atoms with Crippen LogP contribution in [0.25, 0.3) is 0 Å². The van der Waals surface area contributed by atoms with Crippen molar-refractivity contribution in [2.75, 3.05) is 13.2 Å². The van der Waals surface area contributed by atoms with Gasteiger partial charge in [0, 0.05) is 17.5 Å². The van der Waals surface area contributed by atoms with Gasteiger partial charge in [0.25, 0.3) is 5.91 Å².